The van der Waals surface area contributed by atoms with Crippen molar-refractivity contribution >= 4 is 11.6 Å². The molecule has 84 valence electrons. The Bertz CT molecular complexity index is 496. The Morgan fingerprint density at radius 2 is 2.31 bits per heavy atom. The van der Waals surface area contributed by atoms with E-state index in [1.54, 1.807) is 31.5 Å². The molecule has 0 atom stereocenters. The molecule has 0 bridgehead atoms. The maximum atomic E-state index is 8.95. The van der Waals surface area contributed by atoms with Gasteiger partial charge in [-0.15, -0.1) is 0 Å². The number of imidazole rings is 1. The first-order valence-corrected chi connectivity index (χ1v) is 5.11. The van der Waals surface area contributed by atoms with Crippen LogP contribution in [0.5, 0.6) is 5.75 Å². The molecule has 0 fully saturated rings. The van der Waals surface area contributed by atoms with Crippen LogP contribution >= 0.6 is 11.6 Å². The summed E-state index contributed by atoms with van der Waals surface area (Å²) in [5.41, 5.74) is 1.42. The molecule has 4 nitrogen and oxygen atoms in total. The minimum atomic E-state index is -0.0735. The number of aliphatic hydroxyl groups excluding tert-OH is 1. The van der Waals surface area contributed by atoms with Gasteiger partial charge >= 0.3 is 0 Å². The summed E-state index contributed by atoms with van der Waals surface area (Å²) in [5, 5.41) is 9.56. The van der Waals surface area contributed by atoms with E-state index in [4.69, 9.17) is 21.4 Å². The van der Waals surface area contributed by atoms with Gasteiger partial charge in [-0.1, -0.05) is 11.6 Å². The third-order valence-corrected chi connectivity index (χ3v) is 2.45. The maximum Gasteiger partial charge on any atom is 0.141 e. The van der Waals surface area contributed by atoms with Gasteiger partial charge in [0.15, 0.2) is 0 Å². The van der Waals surface area contributed by atoms with Crippen LogP contribution in [0.25, 0.3) is 11.4 Å². The van der Waals surface area contributed by atoms with E-state index in [0.29, 0.717) is 22.3 Å². The smallest absolute Gasteiger partial charge is 0.141 e. The lowest BCUT2D eigenvalue weighted by Gasteiger charge is -2.06. The largest absolute Gasteiger partial charge is 0.496 e. The van der Waals surface area contributed by atoms with Gasteiger partial charge in [0.2, 0.25) is 0 Å². The highest BCUT2D eigenvalue weighted by atomic mass is 35.5. The zero-order valence-electron chi connectivity index (χ0n) is 8.70. The highest BCUT2D eigenvalue weighted by Crippen LogP contribution is 2.30. The van der Waals surface area contributed by atoms with Gasteiger partial charge in [0, 0.05) is 5.02 Å². The SMILES string of the molecule is COc1ccc(Cl)cc1-c1ncc(CO)[nH]1. The summed E-state index contributed by atoms with van der Waals surface area (Å²) in [5.74, 6) is 1.31. The number of aromatic nitrogens is 2. The van der Waals surface area contributed by atoms with E-state index in [9.17, 15) is 0 Å². The van der Waals surface area contributed by atoms with Gasteiger partial charge < -0.3 is 14.8 Å². The minimum absolute atomic E-state index is 0.0735. The first kappa shape index (κ1) is 11.0. The fourth-order valence-corrected chi connectivity index (χ4v) is 1.61. The standard InChI is InChI=1S/C11H11ClN2O2/c1-16-10-3-2-7(12)4-9(10)11-13-5-8(6-15)14-11/h2-5,15H,6H2,1H3,(H,13,14). The molecule has 2 N–H and O–H groups in total. The summed E-state index contributed by atoms with van der Waals surface area (Å²) in [6, 6.07) is 5.29. The van der Waals surface area contributed by atoms with E-state index < -0.39 is 0 Å². The molecule has 0 aliphatic heterocycles. The van der Waals surface area contributed by atoms with Crippen molar-refractivity contribution in [1.29, 1.82) is 0 Å². The Balaban J connectivity index is 2.49. The number of halogens is 1. The minimum Gasteiger partial charge on any atom is -0.496 e. The predicted octanol–water partition coefficient (Wildman–Crippen LogP) is 2.23. The quantitative estimate of drug-likeness (QED) is 0.862. The van der Waals surface area contributed by atoms with Gasteiger partial charge in [-0.2, -0.15) is 0 Å². The van der Waals surface area contributed by atoms with Gasteiger partial charge in [-0.3, -0.25) is 0 Å². The number of hydrogen-bond donors (Lipinski definition) is 2. The molecular formula is C11H11ClN2O2. The highest BCUT2D eigenvalue weighted by molar-refractivity contribution is 6.30. The lowest BCUT2D eigenvalue weighted by molar-refractivity contribution is 0.277. The van der Waals surface area contributed by atoms with Crippen LogP contribution in [0.1, 0.15) is 5.69 Å². The number of benzene rings is 1. The number of ether oxygens (including phenoxy) is 1. The first-order chi connectivity index (χ1) is 7.74. The number of hydrogen-bond acceptors (Lipinski definition) is 3. The molecule has 1 aromatic carbocycles. The average molecular weight is 239 g/mol. The van der Waals surface area contributed by atoms with E-state index in [-0.39, 0.29) is 6.61 Å². The van der Waals surface area contributed by atoms with Crippen LogP contribution in [-0.4, -0.2) is 22.2 Å². The van der Waals surface area contributed by atoms with Gasteiger partial charge in [0.25, 0.3) is 0 Å². The number of nitrogens with one attached hydrogen (secondary N) is 1. The van der Waals surface area contributed by atoms with Crippen molar-refractivity contribution in [3.05, 3.63) is 35.1 Å². The second-order valence-electron chi connectivity index (χ2n) is 3.26. The molecule has 1 heterocycles. The van der Waals surface area contributed by atoms with Crippen LogP contribution in [0.3, 0.4) is 0 Å². The molecule has 1 aromatic heterocycles. The fraction of sp³-hybridized carbons (Fsp3) is 0.182. The Morgan fingerprint density at radius 1 is 1.50 bits per heavy atom. The van der Waals surface area contributed by atoms with Crippen LogP contribution in [0.15, 0.2) is 24.4 Å². The van der Waals surface area contributed by atoms with Gasteiger partial charge in [0.1, 0.15) is 11.6 Å². The summed E-state index contributed by atoms with van der Waals surface area (Å²) in [4.78, 5) is 7.13. The van der Waals surface area contributed by atoms with Crippen molar-refractivity contribution in [2.75, 3.05) is 7.11 Å². The fourth-order valence-electron chi connectivity index (χ4n) is 1.44. The summed E-state index contributed by atoms with van der Waals surface area (Å²) < 4.78 is 5.22. The molecule has 0 saturated heterocycles. The molecule has 0 aliphatic carbocycles. The van der Waals surface area contributed by atoms with E-state index in [2.05, 4.69) is 9.97 Å². The molecular weight excluding hydrogens is 228 g/mol. The van der Waals surface area contributed by atoms with Gasteiger partial charge in [-0.05, 0) is 18.2 Å². The van der Waals surface area contributed by atoms with E-state index in [1.807, 2.05) is 0 Å². The molecule has 16 heavy (non-hydrogen) atoms. The third-order valence-electron chi connectivity index (χ3n) is 2.22. The molecule has 5 heteroatoms. The Hall–Kier alpha value is -1.52. The predicted molar refractivity (Wildman–Crippen MR) is 61.5 cm³/mol. The Labute approximate surface area is 97.9 Å². The van der Waals surface area contributed by atoms with Crippen LogP contribution in [0.4, 0.5) is 0 Å². The zero-order chi connectivity index (χ0) is 11.5. The lowest BCUT2D eigenvalue weighted by Crippen LogP contribution is -1.90. The molecule has 0 radical (unpaired) electrons. The summed E-state index contributed by atoms with van der Waals surface area (Å²) in [7, 11) is 1.59. The molecule has 2 aromatic rings. The van der Waals surface area contributed by atoms with Crippen LogP contribution in [-0.2, 0) is 6.61 Å². The topological polar surface area (TPSA) is 58.1 Å². The van der Waals surface area contributed by atoms with Crippen LogP contribution in [0, 0.1) is 0 Å². The number of rotatable bonds is 3. The van der Waals surface area contributed by atoms with Gasteiger partial charge in [0.05, 0.1) is 31.2 Å². The Kier molecular flexibility index (Phi) is 3.12. The maximum absolute atomic E-state index is 8.95. The van der Waals surface area contributed by atoms with Crippen LogP contribution in [0.2, 0.25) is 5.02 Å². The number of nitrogens with zero attached hydrogens (tertiary/aromatic N) is 1. The van der Waals surface area contributed by atoms with Crippen molar-refractivity contribution in [2.45, 2.75) is 6.61 Å². The molecule has 0 saturated carbocycles. The van der Waals surface area contributed by atoms with E-state index >= 15 is 0 Å². The first-order valence-electron chi connectivity index (χ1n) is 4.73. The van der Waals surface area contributed by atoms with Crippen molar-refractivity contribution in [3.8, 4) is 17.1 Å². The average Bonchev–Trinajstić information content (AvgIpc) is 2.77. The van der Waals surface area contributed by atoms with Gasteiger partial charge in [-0.25, -0.2) is 4.98 Å². The van der Waals surface area contributed by atoms with E-state index in [0.717, 1.165) is 5.56 Å². The van der Waals surface area contributed by atoms with Crippen LogP contribution < -0.4 is 4.74 Å². The lowest BCUT2D eigenvalue weighted by atomic mass is 10.2. The molecule has 0 unspecified atom stereocenters. The molecule has 0 aliphatic rings. The zero-order valence-corrected chi connectivity index (χ0v) is 9.45. The molecule has 2 rings (SSSR count). The molecule has 0 spiro atoms. The van der Waals surface area contributed by atoms with Crippen molar-refractivity contribution in [2.24, 2.45) is 0 Å². The summed E-state index contributed by atoms with van der Waals surface area (Å²) in [6.07, 6.45) is 1.58. The van der Waals surface area contributed by atoms with E-state index in [1.165, 1.54) is 0 Å². The number of methoxy groups -OCH3 is 1. The summed E-state index contributed by atoms with van der Waals surface area (Å²) >= 11 is 5.92. The third kappa shape index (κ3) is 2.03. The number of H-pyrrole nitrogens is 1. The molecule has 0 amide bonds. The van der Waals surface area contributed by atoms with Crippen molar-refractivity contribution < 1.29 is 9.84 Å². The highest BCUT2D eigenvalue weighted by Gasteiger charge is 2.09. The van der Waals surface area contributed by atoms with Crippen molar-refractivity contribution in [1.82, 2.24) is 9.97 Å². The normalized spacial score (nSPS) is 10.4. The number of aliphatic hydroxyl groups is 1. The second-order valence-corrected chi connectivity index (χ2v) is 3.70. The Morgan fingerprint density at radius 3 is 2.94 bits per heavy atom. The van der Waals surface area contributed by atoms with Crippen molar-refractivity contribution in [3.63, 3.8) is 0 Å². The monoisotopic (exact) mass is 238 g/mol. The number of aromatic amines is 1. The second kappa shape index (κ2) is 4.55. The summed E-state index contributed by atoms with van der Waals surface area (Å²) in [6.45, 7) is -0.0735.